The lowest BCUT2D eigenvalue weighted by Gasteiger charge is -2.36. The highest BCUT2D eigenvalue weighted by Gasteiger charge is 2.37. The summed E-state index contributed by atoms with van der Waals surface area (Å²) in [6.07, 6.45) is 0. The molecule has 2 amide bonds. The van der Waals surface area contributed by atoms with E-state index in [9.17, 15) is 9.59 Å². The zero-order chi connectivity index (χ0) is 18.8. The zero-order valence-corrected chi connectivity index (χ0v) is 16.0. The number of carbonyl (C=O) groups excluding carboxylic acids is 2. The van der Waals surface area contributed by atoms with Gasteiger partial charge in [-0.1, -0.05) is 53.0 Å². The van der Waals surface area contributed by atoms with E-state index in [0.717, 1.165) is 0 Å². The summed E-state index contributed by atoms with van der Waals surface area (Å²) in [5, 5.41) is 3.62. The van der Waals surface area contributed by atoms with Crippen molar-refractivity contribution in [3.05, 3.63) is 62.6 Å². The van der Waals surface area contributed by atoms with E-state index < -0.39 is 11.9 Å². The van der Waals surface area contributed by atoms with Crippen molar-refractivity contribution in [2.75, 3.05) is 20.2 Å². The fourth-order valence-electron chi connectivity index (χ4n) is 2.97. The van der Waals surface area contributed by atoms with E-state index >= 15 is 0 Å². The first kappa shape index (κ1) is 18.8. The van der Waals surface area contributed by atoms with Gasteiger partial charge in [0.15, 0.2) is 5.75 Å². The monoisotopic (exact) mass is 412 g/mol. The van der Waals surface area contributed by atoms with Gasteiger partial charge < -0.3 is 15.0 Å². The van der Waals surface area contributed by atoms with E-state index in [1.54, 1.807) is 30.3 Å². The molecule has 136 valence electrons. The van der Waals surface area contributed by atoms with Gasteiger partial charge in [0, 0.05) is 23.7 Å². The van der Waals surface area contributed by atoms with Crippen molar-refractivity contribution in [1.82, 2.24) is 10.2 Å². The molecule has 1 heterocycles. The summed E-state index contributed by atoms with van der Waals surface area (Å²) in [6.45, 7) is 0.623. The summed E-state index contributed by atoms with van der Waals surface area (Å²) in [5.74, 6) is -0.586. The van der Waals surface area contributed by atoms with E-state index in [1.807, 2.05) is 0 Å². The quantitative estimate of drug-likeness (QED) is 0.828. The third-order valence-electron chi connectivity index (χ3n) is 4.15. The van der Waals surface area contributed by atoms with Crippen molar-refractivity contribution in [2.45, 2.75) is 6.04 Å². The first-order chi connectivity index (χ1) is 12.5. The van der Waals surface area contributed by atoms with E-state index in [2.05, 4.69) is 5.32 Å². The van der Waals surface area contributed by atoms with Crippen LogP contribution in [-0.4, -0.2) is 36.9 Å². The largest absolute Gasteiger partial charge is 0.494 e. The number of hydrogen-bond acceptors (Lipinski definition) is 3. The topological polar surface area (TPSA) is 58.6 Å². The first-order valence-electron chi connectivity index (χ1n) is 7.80. The summed E-state index contributed by atoms with van der Waals surface area (Å²) in [5.41, 5.74) is 0.658. The minimum atomic E-state index is -0.871. The van der Waals surface area contributed by atoms with Crippen molar-refractivity contribution in [2.24, 2.45) is 0 Å². The number of carbonyl (C=O) groups is 2. The number of halogens is 3. The van der Waals surface area contributed by atoms with E-state index in [1.165, 1.54) is 18.1 Å². The Morgan fingerprint density at radius 1 is 1.12 bits per heavy atom. The van der Waals surface area contributed by atoms with Crippen molar-refractivity contribution in [3.63, 3.8) is 0 Å². The maximum absolute atomic E-state index is 13.3. The maximum Gasteiger partial charge on any atom is 0.260 e. The molecule has 2 aromatic rings. The molecular weight excluding hydrogens is 399 g/mol. The van der Waals surface area contributed by atoms with Crippen LogP contribution in [0.4, 0.5) is 0 Å². The molecule has 0 aliphatic carbocycles. The Kier molecular flexibility index (Phi) is 5.61. The Hall–Kier alpha value is -1.95. The summed E-state index contributed by atoms with van der Waals surface area (Å²) >= 11 is 18.6. The van der Waals surface area contributed by atoms with E-state index in [-0.39, 0.29) is 27.3 Å². The van der Waals surface area contributed by atoms with Gasteiger partial charge in [-0.25, -0.2) is 0 Å². The standard InChI is InChI=1S/C18H15Cl3N2O3/c1-26-16-13(21)7-6-12(20)14(16)18(25)23-9-8-22-17(24)15(23)10-4-2-3-5-11(10)19/h2-7,15H,8-9H2,1H3,(H,22,24). The molecule has 2 aromatic carbocycles. The van der Waals surface area contributed by atoms with Crippen molar-refractivity contribution in [1.29, 1.82) is 0 Å². The van der Waals surface area contributed by atoms with Crippen molar-refractivity contribution < 1.29 is 14.3 Å². The number of nitrogens with one attached hydrogen (secondary N) is 1. The third-order valence-corrected chi connectivity index (χ3v) is 5.11. The average Bonchev–Trinajstić information content (AvgIpc) is 2.63. The van der Waals surface area contributed by atoms with Gasteiger partial charge in [-0.2, -0.15) is 0 Å². The number of hydrogen-bond donors (Lipinski definition) is 1. The molecule has 1 unspecified atom stereocenters. The number of nitrogens with zero attached hydrogens (tertiary/aromatic N) is 1. The molecule has 1 aliphatic rings. The summed E-state index contributed by atoms with van der Waals surface area (Å²) in [7, 11) is 1.41. The molecule has 3 rings (SSSR count). The Balaban J connectivity index is 2.09. The van der Waals surface area contributed by atoms with Gasteiger partial charge in [-0.3, -0.25) is 9.59 Å². The molecule has 1 aliphatic heterocycles. The third kappa shape index (κ3) is 3.34. The van der Waals surface area contributed by atoms with Crippen LogP contribution in [0.3, 0.4) is 0 Å². The predicted molar refractivity (Wildman–Crippen MR) is 101 cm³/mol. The highest BCUT2D eigenvalue weighted by atomic mass is 35.5. The van der Waals surface area contributed by atoms with Crippen LogP contribution < -0.4 is 10.1 Å². The molecule has 1 fully saturated rings. The van der Waals surface area contributed by atoms with E-state index in [0.29, 0.717) is 23.7 Å². The van der Waals surface area contributed by atoms with Crippen LogP contribution >= 0.6 is 34.8 Å². The highest BCUT2D eigenvalue weighted by Crippen LogP contribution is 2.37. The molecule has 1 atom stereocenters. The molecule has 0 radical (unpaired) electrons. The van der Waals surface area contributed by atoms with Crippen molar-refractivity contribution >= 4 is 46.6 Å². The fourth-order valence-corrected chi connectivity index (χ4v) is 3.67. The number of rotatable bonds is 3. The molecule has 0 saturated carbocycles. The van der Waals surface area contributed by atoms with Crippen LogP contribution in [0.1, 0.15) is 22.0 Å². The van der Waals surface area contributed by atoms with Crippen LogP contribution in [0.5, 0.6) is 5.75 Å². The summed E-state index contributed by atoms with van der Waals surface area (Å²) in [6, 6.07) is 9.12. The van der Waals surface area contributed by atoms with Gasteiger partial charge in [0.2, 0.25) is 5.91 Å². The van der Waals surface area contributed by atoms with Gasteiger partial charge >= 0.3 is 0 Å². The number of methoxy groups -OCH3 is 1. The molecule has 0 aromatic heterocycles. The minimum Gasteiger partial charge on any atom is -0.494 e. The van der Waals surface area contributed by atoms with Crippen molar-refractivity contribution in [3.8, 4) is 5.75 Å². The van der Waals surface area contributed by atoms with Gasteiger partial charge in [-0.15, -0.1) is 0 Å². The lowest BCUT2D eigenvalue weighted by atomic mass is 10.0. The smallest absolute Gasteiger partial charge is 0.260 e. The van der Waals surface area contributed by atoms with Gasteiger partial charge in [0.1, 0.15) is 11.6 Å². The average molecular weight is 414 g/mol. The molecular formula is C18H15Cl3N2O3. The summed E-state index contributed by atoms with van der Waals surface area (Å²) < 4.78 is 5.27. The molecule has 5 nitrogen and oxygen atoms in total. The molecule has 26 heavy (non-hydrogen) atoms. The second kappa shape index (κ2) is 7.74. The SMILES string of the molecule is COc1c(Cl)ccc(Cl)c1C(=O)N1CCNC(=O)C1c1ccccc1Cl. The van der Waals surface area contributed by atoms with Gasteiger partial charge in [0.05, 0.1) is 17.2 Å². The lowest BCUT2D eigenvalue weighted by molar-refractivity contribution is -0.128. The second-order valence-corrected chi connectivity index (χ2v) is 6.87. The van der Waals surface area contributed by atoms with Crippen LogP contribution in [0.2, 0.25) is 15.1 Å². The Morgan fingerprint density at radius 3 is 2.50 bits per heavy atom. The van der Waals surface area contributed by atoms with Crippen LogP contribution in [0.15, 0.2) is 36.4 Å². The molecule has 0 bridgehead atoms. The Labute approximate surface area is 165 Å². The molecule has 8 heteroatoms. The number of benzene rings is 2. The highest BCUT2D eigenvalue weighted by molar-refractivity contribution is 6.37. The Morgan fingerprint density at radius 2 is 1.81 bits per heavy atom. The lowest BCUT2D eigenvalue weighted by Crippen LogP contribution is -2.52. The predicted octanol–water partition coefficient (Wildman–Crippen LogP) is 3.97. The number of piperazine rings is 1. The minimum absolute atomic E-state index is 0.119. The molecule has 0 spiro atoms. The van der Waals surface area contributed by atoms with Gasteiger partial charge in [0.25, 0.3) is 5.91 Å². The second-order valence-electron chi connectivity index (χ2n) is 5.65. The fraction of sp³-hybridized carbons (Fsp3) is 0.222. The molecule has 1 saturated heterocycles. The van der Waals surface area contributed by atoms with Gasteiger partial charge in [-0.05, 0) is 18.2 Å². The zero-order valence-electron chi connectivity index (χ0n) is 13.8. The van der Waals surface area contributed by atoms with Crippen LogP contribution in [0, 0.1) is 0 Å². The summed E-state index contributed by atoms with van der Waals surface area (Å²) in [4.78, 5) is 27.2. The maximum atomic E-state index is 13.3. The Bertz CT molecular complexity index is 873. The number of amides is 2. The first-order valence-corrected chi connectivity index (χ1v) is 8.94. The van der Waals surface area contributed by atoms with Crippen LogP contribution in [-0.2, 0) is 4.79 Å². The molecule has 1 N–H and O–H groups in total. The van der Waals surface area contributed by atoms with Crippen LogP contribution in [0.25, 0.3) is 0 Å². The number of ether oxygens (including phenoxy) is 1. The normalized spacial score (nSPS) is 17.0. The van der Waals surface area contributed by atoms with E-state index in [4.69, 9.17) is 39.5 Å².